The van der Waals surface area contributed by atoms with Crippen molar-refractivity contribution >= 4 is 3.40 Å². The van der Waals surface area contributed by atoms with E-state index in [4.69, 9.17) is 0 Å². The molecule has 1 N–H and O–H groups in total. The van der Waals surface area contributed by atoms with Gasteiger partial charge >= 0.3 is 77.0 Å². The minimum absolute atomic E-state index is 0. The fraction of sp³-hybridized carbons (Fsp3) is 0.125. The molecule has 0 radical (unpaired) electrons. The molecule has 68 valence electrons. The van der Waals surface area contributed by atoms with E-state index in [2.05, 4.69) is 34.5 Å². The predicted molar refractivity (Wildman–Crippen MR) is 40.1 cm³/mol. The Hall–Kier alpha value is 0.153. The zero-order valence-corrected chi connectivity index (χ0v) is 10.8. The average molecular weight is 294 g/mol. The molecule has 1 aromatic heterocycles. The molecular formula is C8H8Cl2N2Zr. The van der Waals surface area contributed by atoms with Crippen LogP contribution in [0.5, 0.6) is 0 Å². The van der Waals surface area contributed by atoms with Crippen molar-refractivity contribution in [1.82, 2.24) is 10.2 Å². The molecule has 0 fully saturated rings. The first-order valence-electron chi connectivity index (χ1n) is 3.58. The van der Waals surface area contributed by atoms with E-state index in [1.54, 1.807) is 3.28 Å². The monoisotopic (exact) mass is 292 g/mol. The fourth-order valence-electron chi connectivity index (χ4n) is 1.03. The molecule has 1 aliphatic rings. The minimum Gasteiger partial charge on any atom is -1.00 e. The van der Waals surface area contributed by atoms with Crippen LogP contribution in [0.25, 0.3) is 0 Å². The van der Waals surface area contributed by atoms with E-state index in [1.807, 2.05) is 6.20 Å². The standard InChI is InChI=1S/C5H5.C3H3N2.2ClH.Zr/c2*1-2-4-5-3-1;;;/h1-3H,4H2;1-2H,(H,4,5);2*1H;/q;;;;+2/p-2. The van der Waals surface area contributed by atoms with Gasteiger partial charge in [-0.2, -0.15) is 0 Å². The number of halogens is 2. The molecule has 0 unspecified atom stereocenters. The van der Waals surface area contributed by atoms with Crippen LogP contribution in [-0.4, -0.2) is 10.2 Å². The van der Waals surface area contributed by atoms with Crippen molar-refractivity contribution in [2.45, 2.75) is 6.42 Å². The molecule has 13 heavy (non-hydrogen) atoms. The molecule has 2 nitrogen and oxygen atoms in total. The fourth-order valence-corrected chi connectivity index (χ4v) is 3.53. The van der Waals surface area contributed by atoms with Crippen molar-refractivity contribution < 1.29 is 48.0 Å². The second kappa shape index (κ2) is 6.58. The number of allylic oxidation sites excluding steroid dienone is 4. The van der Waals surface area contributed by atoms with E-state index >= 15 is 0 Å². The minimum atomic E-state index is -0.510. The normalized spacial score (nSPS) is 12.5. The number of nitrogens with zero attached hydrogens (tertiary/aromatic N) is 1. The third-order valence-corrected chi connectivity index (χ3v) is 4.58. The van der Waals surface area contributed by atoms with Gasteiger partial charge in [-0.3, -0.25) is 0 Å². The van der Waals surface area contributed by atoms with E-state index in [-0.39, 0.29) is 24.8 Å². The summed E-state index contributed by atoms with van der Waals surface area (Å²) < 4.78 is 2.91. The summed E-state index contributed by atoms with van der Waals surface area (Å²) in [5.74, 6) is 0. The summed E-state index contributed by atoms with van der Waals surface area (Å²) in [6.45, 7) is 0. The first kappa shape index (κ1) is 13.2. The predicted octanol–water partition coefficient (Wildman–Crippen LogP) is -5.03. The van der Waals surface area contributed by atoms with Gasteiger partial charge < -0.3 is 24.8 Å². The Kier molecular flexibility index (Phi) is 6.66. The van der Waals surface area contributed by atoms with Crippen molar-refractivity contribution in [3.05, 3.63) is 33.8 Å². The van der Waals surface area contributed by atoms with Crippen molar-refractivity contribution in [3.63, 3.8) is 0 Å². The summed E-state index contributed by atoms with van der Waals surface area (Å²) in [5.41, 5.74) is 0. The summed E-state index contributed by atoms with van der Waals surface area (Å²) in [7, 11) is 0. The van der Waals surface area contributed by atoms with Gasteiger partial charge in [0.1, 0.15) is 0 Å². The van der Waals surface area contributed by atoms with E-state index in [0.29, 0.717) is 0 Å². The van der Waals surface area contributed by atoms with Crippen LogP contribution < -0.4 is 28.2 Å². The zero-order chi connectivity index (χ0) is 7.52. The summed E-state index contributed by atoms with van der Waals surface area (Å²) in [4.78, 5) is 0. The maximum atomic E-state index is 4.16. The molecule has 0 saturated carbocycles. The summed E-state index contributed by atoms with van der Waals surface area (Å²) in [5, 5.41) is 7.01. The van der Waals surface area contributed by atoms with Crippen molar-refractivity contribution in [2.75, 3.05) is 0 Å². The molecule has 0 saturated heterocycles. The van der Waals surface area contributed by atoms with E-state index in [0.717, 1.165) is 0 Å². The number of rotatable bonds is 2. The molecule has 0 spiro atoms. The van der Waals surface area contributed by atoms with Gasteiger partial charge in [-0.25, -0.2) is 0 Å². The van der Waals surface area contributed by atoms with Gasteiger partial charge in [-0.1, -0.05) is 0 Å². The van der Waals surface area contributed by atoms with Crippen LogP contribution in [0.15, 0.2) is 33.8 Å². The van der Waals surface area contributed by atoms with Gasteiger partial charge in [0.25, 0.3) is 0 Å². The Balaban J connectivity index is 0.000000720. The molecule has 0 aromatic carbocycles. The number of hydrogen-bond acceptors (Lipinski definition) is 1. The van der Waals surface area contributed by atoms with E-state index in [9.17, 15) is 0 Å². The smallest absolute Gasteiger partial charge is 1.00 e. The molecule has 0 aliphatic heterocycles. The average Bonchev–Trinajstić information content (AvgIpc) is 2.60. The summed E-state index contributed by atoms with van der Waals surface area (Å²) in [6, 6.07) is 2.09. The molecule has 5 heteroatoms. The van der Waals surface area contributed by atoms with Crippen molar-refractivity contribution in [3.8, 4) is 0 Å². The van der Waals surface area contributed by atoms with Crippen LogP contribution in [0.3, 0.4) is 0 Å². The first-order valence-corrected chi connectivity index (χ1v) is 6.03. The Morgan fingerprint density at radius 3 is 2.77 bits per heavy atom. The zero-order valence-electron chi connectivity index (χ0n) is 6.80. The van der Waals surface area contributed by atoms with Crippen LogP contribution in [0.4, 0.5) is 0 Å². The van der Waals surface area contributed by atoms with Gasteiger partial charge in [-0.15, -0.1) is 0 Å². The first-order chi connectivity index (χ1) is 5.45. The Bertz CT molecular complexity index is 293. The maximum absolute atomic E-state index is 4.16. The Morgan fingerprint density at radius 1 is 1.38 bits per heavy atom. The second-order valence-electron chi connectivity index (χ2n) is 2.41. The van der Waals surface area contributed by atoms with Crippen molar-refractivity contribution in [2.24, 2.45) is 0 Å². The second-order valence-corrected chi connectivity index (χ2v) is 5.86. The van der Waals surface area contributed by atoms with Crippen molar-refractivity contribution in [1.29, 1.82) is 0 Å². The number of nitrogens with one attached hydrogen (secondary N) is 1. The van der Waals surface area contributed by atoms with Crippen LogP contribution in [0.1, 0.15) is 6.42 Å². The maximum Gasteiger partial charge on any atom is -1.00 e. The van der Waals surface area contributed by atoms with Crippen LogP contribution in [-0.2, 0) is 23.2 Å². The molecule has 2 rings (SSSR count). The molecule has 1 aliphatic carbocycles. The topological polar surface area (TPSA) is 28.7 Å². The van der Waals surface area contributed by atoms with Gasteiger partial charge in [0.05, 0.1) is 0 Å². The van der Waals surface area contributed by atoms with Gasteiger partial charge in [0, 0.05) is 0 Å². The summed E-state index contributed by atoms with van der Waals surface area (Å²) >= 11 is -0.510. The molecule has 1 heterocycles. The molecule has 1 aromatic rings. The number of hydrogen-bond donors (Lipinski definition) is 1. The Labute approximate surface area is 101 Å². The SMILES string of the molecule is C1=CC[C]([Zr+2][c]2cc[nH]n2)=C1.[Cl-].[Cl-]. The molecule has 0 bridgehead atoms. The summed E-state index contributed by atoms with van der Waals surface area (Å²) in [6.07, 6.45) is 9.66. The quantitative estimate of drug-likeness (QED) is 0.581. The van der Waals surface area contributed by atoms with E-state index in [1.165, 1.54) is 9.82 Å². The van der Waals surface area contributed by atoms with Gasteiger partial charge in [0.2, 0.25) is 0 Å². The van der Waals surface area contributed by atoms with Crippen LogP contribution in [0.2, 0.25) is 0 Å². The largest absolute Gasteiger partial charge is 1.00 e. The molecule has 0 amide bonds. The number of H-pyrrole nitrogens is 1. The molecule has 0 atom stereocenters. The van der Waals surface area contributed by atoms with Crippen LogP contribution in [0, 0.1) is 0 Å². The number of aromatic amines is 1. The number of aromatic nitrogens is 2. The third-order valence-electron chi connectivity index (χ3n) is 1.56. The van der Waals surface area contributed by atoms with E-state index < -0.39 is 23.2 Å². The molecular weight excluding hydrogens is 286 g/mol. The Morgan fingerprint density at radius 2 is 2.23 bits per heavy atom. The van der Waals surface area contributed by atoms with Gasteiger partial charge in [0.15, 0.2) is 0 Å². The third kappa shape index (κ3) is 3.80. The van der Waals surface area contributed by atoms with Gasteiger partial charge in [-0.05, 0) is 0 Å². The van der Waals surface area contributed by atoms with Crippen LogP contribution >= 0.6 is 0 Å².